The fourth-order valence-electron chi connectivity index (χ4n) is 1.20. The molecule has 0 fully saturated rings. The van der Waals surface area contributed by atoms with Crippen LogP contribution in [-0.4, -0.2) is 24.7 Å². The van der Waals surface area contributed by atoms with E-state index in [4.69, 9.17) is 0 Å². The molecule has 0 aliphatic carbocycles. The van der Waals surface area contributed by atoms with Crippen molar-refractivity contribution in [3.05, 3.63) is 35.9 Å². The van der Waals surface area contributed by atoms with E-state index in [0.29, 0.717) is 11.8 Å². The van der Waals surface area contributed by atoms with E-state index in [-0.39, 0.29) is 0 Å². The van der Waals surface area contributed by atoms with Crippen molar-refractivity contribution >= 4 is 12.4 Å². The first-order chi connectivity index (χ1) is 9.16. The van der Waals surface area contributed by atoms with Crippen LogP contribution in [0.2, 0.25) is 0 Å². The fraction of sp³-hybridized carbons (Fsp3) is 0.250. The van der Waals surface area contributed by atoms with E-state index in [9.17, 15) is 31.1 Å². The highest BCUT2D eigenvalue weighted by Crippen LogP contribution is 2.36. The second kappa shape index (κ2) is 5.98. The molecule has 110 valence electrons. The average Bonchev–Trinajstić information content (AvgIpc) is 2.35. The van der Waals surface area contributed by atoms with Crippen LogP contribution in [0.15, 0.2) is 30.3 Å². The molecule has 2 nitrogen and oxygen atoms in total. The van der Waals surface area contributed by atoms with Crippen molar-refractivity contribution in [2.24, 2.45) is 0 Å². The van der Waals surface area contributed by atoms with Crippen LogP contribution in [0.25, 0.3) is 6.08 Å². The first kappa shape index (κ1) is 16.1. The van der Waals surface area contributed by atoms with E-state index in [0.717, 1.165) is 18.2 Å². The largest absolute Gasteiger partial charge is 0.439 e. The smallest absolute Gasteiger partial charge is 0.430 e. The lowest BCUT2D eigenvalue weighted by atomic mass is 10.2. The van der Waals surface area contributed by atoms with Gasteiger partial charge in [-0.3, -0.25) is 4.79 Å². The number of allylic oxidation sites excluding steroid dienone is 1. The molecule has 0 heterocycles. The SMILES string of the molecule is O=CC=Cc1ccc(OC(F)(F)[C@H](F)C(F)(F)F)cc1. The quantitative estimate of drug-likeness (QED) is 0.470. The Balaban J connectivity index is 2.82. The van der Waals surface area contributed by atoms with Crippen molar-refractivity contribution in [2.45, 2.75) is 18.5 Å². The van der Waals surface area contributed by atoms with Gasteiger partial charge < -0.3 is 4.74 Å². The molecule has 1 atom stereocenters. The van der Waals surface area contributed by atoms with Gasteiger partial charge in [-0.2, -0.15) is 22.0 Å². The third-order valence-electron chi connectivity index (χ3n) is 2.08. The van der Waals surface area contributed by atoms with Gasteiger partial charge in [0, 0.05) is 0 Å². The van der Waals surface area contributed by atoms with Gasteiger partial charge in [-0.1, -0.05) is 18.2 Å². The highest BCUT2D eigenvalue weighted by Gasteiger charge is 2.59. The molecule has 0 aliphatic heterocycles. The van der Waals surface area contributed by atoms with Crippen molar-refractivity contribution in [1.29, 1.82) is 0 Å². The van der Waals surface area contributed by atoms with Crippen LogP contribution < -0.4 is 4.74 Å². The molecular weight excluding hydrogens is 290 g/mol. The Morgan fingerprint density at radius 1 is 1.05 bits per heavy atom. The summed E-state index contributed by atoms with van der Waals surface area (Å²) in [6.07, 6.45) is -12.2. The fourth-order valence-corrected chi connectivity index (χ4v) is 1.20. The molecule has 0 aromatic heterocycles. The zero-order valence-corrected chi connectivity index (χ0v) is 9.70. The van der Waals surface area contributed by atoms with Crippen LogP contribution in [0.1, 0.15) is 5.56 Å². The molecule has 0 saturated heterocycles. The van der Waals surface area contributed by atoms with E-state index < -0.39 is 24.2 Å². The summed E-state index contributed by atoms with van der Waals surface area (Å²) >= 11 is 0. The number of benzene rings is 1. The number of carbonyl (C=O) groups excluding carboxylic acids is 1. The summed E-state index contributed by atoms with van der Waals surface area (Å²) in [5.41, 5.74) is 0.431. The Hall–Kier alpha value is -1.99. The zero-order valence-electron chi connectivity index (χ0n) is 9.70. The second-order valence-electron chi connectivity index (χ2n) is 3.63. The molecule has 0 spiro atoms. The molecule has 1 aromatic carbocycles. The summed E-state index contributed by atoms with van der Waals surface area (Å²) in [4.78, 5) is 10.0. The molecule has 1 aromatic rings. The molecular formula is C12H8F6O2. The Kier molecular flexibility index (Phi) is 4.80. The standard InChI is InChI=1S/C12H8F6O2/c13-10(11(14,15)16)12(17,18)20-9-5-3-8(4-6-9)2-1-7-19/h1-7,10H/t10-/m1/s1. The molecule has 20 heavy (non-hydrogen) atoms. The minimum Gasteiger partial charge on any atom is -0.430 e. The van der Waals surface area contributed by atoms with Crippen LogP contribution in [0.3, 0.4) is 0 Å². The number of carbonyl (C=O) groups is 1. The van der Waals surface area contributed by atoms with Crippen LogP contribution in [-0.2, 0) is 4.79 Å². The summed E-state index contributed by atoms with van der Waals surface area (Å²) in [5.74, 6) is -0.634. The van der Waals surface area contributed by atoms with Crippen molar-refractivity contribution in [2.75, 3.05) is 0 Å². The molecule has 0 radical (unpaired) electrons. The van der Waals surface area contributed by atoms with Gasteiger partial charge >= 0.3 is 12.3 Å². The van der Waals surface area contributed by atoms with Crippen LogP contribution in [0.5, 0.6) is 5.75 Å². The van der Waals surface area contributed by atoms with Crippen LogP contribution in [0.4, 0.5) is 26.3 Å². The van der Waals surface area contributed by atoms with Gasteiger partial charge in [0.05, 0.1) is 0 Å². The number of hydrogen-bond donors (Lipinski definition) is 0. The number of aldehydes is 1. The maximum absolute atomic E-state index is 12.9. The molecule has 0 unspecified atom stereocenters. The second-order valence-corrected chi connectivity index (χ2v) is 3.63. The average molecular weight is 298 g/mol. The monoisotopic (exact) mass is 298 g/mol. The van der Waals surface area contributed by atoms with Crippen molar-refractivity contribution in [1.82, 2.24) is 0 Å². The first-order valence-corrected chi connectivity index (χ1v) is 5.16. The summed E-state index contributed by atoms with van der Waals surface area (Å²) in [7, 11) is 0. The van der Waals surface area contributed by atoms with Gasteiger partial charge in [0.2, 0.25) is 0 Å². The van der Waals surface area contributed by atoms with E-state index in [2.05, 4.69) is 4.74 Å². The third-order valence-corrected chi connectivity index (χ3v) is 2.08. The predicted molar refractivity (Wildman–Crippen MR) is 58.1 cm³/mol. The molecule has 1 rings (SSSR count). The molecule has 0 saturated carbocycles. The lowest BCUT2D eigenvalue weighted by Gasteiger charge is -2.23. The van der Waals surface area contributed by atoms with Crippen molar-refractivity contribution < 1.29 is 35.9 Å². The van der Waals surface area contributed by atoms with Crippen molar-refractivity contribution in [3.63, 3.8) is 0 Å². The number of alkyl halides is 6. The maximum atomic E-state index is 12.9. The predicted octanol–water partition coefficient (Wildman–Crippen LogP) is 3.77. The number of halogens is 6. The summed E-state index contributed by atoms with van der Waals surface area (Å²) in [5, 5.41) is 0. The van der Waals surface area contributed by atoms with Crippen molar-refractivity contribution in [3.8, 4) is 5.75 Å². The molecule has 0 aliphatic rings. The summed E-state index contributed by atoms with van der Waals surface area (Å²) in [6.45, 7) is 0. The van der Waals surface area contributed by atoms with Gasteiger partial charge in [-0.25, -0.2) is 4.39 Å². The Morgan fingerprint density at radius 3 is 2.05 bits per heavy atom. The van der Waals surface area contributed by atoms with E-state index in [1.165, 1.54) is 18.2 Å². The van der Waals surface area contributed by atoms with E-state index in [1.54, 1.807) is 0 Å². The minimum atomic E-state index is -5.73. The molecule has 0 bridgehead atoms. The Bertz CT molecular complexity index is 478. The minimum absolute atomic E-state index is 0.431. The maximum Gasteiger partial charge on any atom is 0.439 e. The topological polar surface area (TPSA) is 26.3 Å². The molecule has 8 heteroatoms. The first-order valence-electron chi connectivity index (χ1n) is 5.16. The van der Waals surface area contributed by atoms with E-state index in [1.807, 2.05) is 0 Å². The molecule has 0 amide bonds. The summed E-state index contributed by atoms with van der Waals surface area (Å²) in [6, 6.07) is 4.29. The highest BCUT2D eigenvalue weighted by atomic mass is 19.4. The third kappa shape index (κ3) is 4.29. The zero-order chi connectivity index (χ0) is 15.4. The van der Waals surface area contributed by atoms with Gasteiger partial charge in [0.1, 0.15) is 12.0 Å². The van der Waals surface area contributed by atoms with Crippen LogP contribution in [0, 0.1) is 0 Å². The Labute approximate surface area is 109 Å². The van der Waals surface area contributed by atoms with Crippen LogP contribution >= 0.6 is 0 Å². The normalized spacial score (nSPS) is 14.3. The molecule has 0 N–H and O–H groups in total. The lowest BCUT2D eigenvalue weighted by Crippen LogP contribution is -2.45. The summed E-state index contributed by atoms with van der Waals surface area (Å²) < 4.78 is 77.8. The van der Waals surface area contributed by atoms with Gasteiger partial charge in [-0.15, -0.1) is 0 Å². The highest BCUT2D eigenvalue weighted by molar-refractivity contribution is 5.73. The number of rotatable bonds is 5. The Morgan fingerprint density at radius 2 is 1.60 bits per heavy atom. The van der Waals surface area contributed by atoms with Gasteiger partial charge in [-0.05, 0) is 23.8 Å². The van der Waals surface area contributed by atoms with E-state index >= 15 is 0 Å². The van der Waals surface area contributed by atoms with Gasteiger partial charge in [0.15, 0.2) is 0 Å². The number of ether oxygens (including phenoxy) is 1. The lowest BCUT2D eigenvalue weighted by molar-refractivity contribution is -0.304. The number of hydrogen-bond acceptors (Lipinski definition) is 2. The van der Waals surface area contributed by atoms with Gasteiger partial charge in [0.25, 0.3) is 6.17 Å².